The lowest BCUT2D eigenvalue weighted by atomic mass is 10.1. The molecule has 0 spiro atoms. The van der Waals surface area contributed by atoms with Gasteiger partial charge in [0.2, 0.25) is 5.28 Å². The zero-order valence-electron chi connectivity index (χ0n) is 17.2. The van der Waals surface area contributed by atoms with Gasteiger partial charge in [0.15, 0.2) is 0 Å². The summed E-state index contributed by atoms with van der Waals surface area (Å²) in [6.45, 7) is 0.835. The Hall–Kier alpha value is -3.65. The van der Waals surface area contributed by atoms with Crippen molar-refractivity contribution in [3.8, 4) is 11.1 Å². The van der Waals surface area contributed by atoms with Crippen molar-refractivity contribution in [3.63, 3.8) is 0 Å². The highest BCUT2D eigenvalue weighted by Gasteiger charge is 2.25. The first-order valence-corrected chi connectivity index (χ1v) is 10.2. The number of benzene rings is 2. The first-order valence-electron chi connectivity index (χ1n) is 9.81. The summed E-state index contributed by atoms with van der Waals surface area (Å²) in [5, 5.41) is 9.13. The van der Waals surface area contributed by atoms with E-state index in [0.717, 1.165) is 34.6 Å². The second kappa shape index (κ2) is 7.49. The molecule has 5 aromatic rings. The maximum atomic E-state index is 13.5. The molecule has 0 radical (unpaired) electrons. The molecule has 0 aliphatic heterocycles. The van der Waals surface area contributed by atoms with Crippen molar-refractivity contribution >= 4 is 39.8 Å². The Morgan fingerprint density at radius 3 is 2.53 bits per heavy atom. The van der Waals surface area contributed by atoms with Crippen LogP contribution in [0.3, 0.4) is 0 Å². The predicted molar refractivity (Wildman–Crippen MR) is 121 cm³/mol. The van der Waals surface area contributed by atoms with Gasteiger partial charge in [-0.3, -0.25) is 4.98 Å². The number of para-hydroxylation sites is 1. The van der Waals surface area contributed by atoms with Crippen molar-refractivity contribution in [1.29, 1.82) is 0 Å². The lowest BCUT2D eigenvalue weighted by molar-refractivity contribution is 0.0128. The van der Waals surface area contributed by atoms with E-state index in [1.807, 2.05) is 60.5 Å². The number of halogens is 3. The Labute approximate surface area is 187 Å². The van der Waals surface area contributed by atoms with E-state index in [0.29, 0.717) is 11.6 Å². The molecular weight excluding hydrogens is 434 g/mol. The highest BCUT2D eigenvalue weighted by atomic mass is 35.5. The molecule has 0 bridgehead atoms. The molecule has 9 heteroatoms. The Balaban J connectivity index is 1.58. The van der Waals surface area contributed by atoms with E-state index in [2.05, 4.69) is 20.2 Å². The highest BCUT2D eigenvalue weighted by molar-refractivity contribution is 6.29. The van der Waals surface area contributed by atoms with Gasteiger partial charge in [-0.25, -0.2) is 4.40 Å². The molecular formula is C23H17ClF2N6. The zero-order chi connectivity index (χ0) is 22.5. The van der Waals surface area contributed by atoms with Gasteiger partial charge >= 0.3 is 0 Å². The number of hydrogen-bond acceptors (Lipinski definition) is 5. The fraction of sp³-hybridized carbons (Fsp3) is 0.130. The average Bonchev–Trinajstić information content (AvgIpc) is 3.18. The maximum Gasteiger partial charge on any atom is 0.286 e. The van der Waals surface area contributed by atoms with Crippen LogP contribution in [0.2, 0.25) is 5.28 Å². The summed E-state index contributed by atoms with van der Waals surface area (Å²) < 4.78 is 28.7. The lowest BCUT2D eigenvalue weighted by Crippen LogP contribution is -2.13. The molecule has 0 fully saturated rings. The minimum absolute atomic E-state index is 0.244. The van der Waals surface area contributed by atoms with E-state index in [4.69, 9.17) is 11.6 Å². The second-order valence-electron chi connectivity index (χ2n) is 7.49. The van der Waals surface area contributed by atoms with Gasteiger partial charge in [0, 0.05) is 36.8 Å². The van der Waals surface area contributed by atoms with Crippen LogP contribution in [-0.2, 0) is 5.92 Å². The van der Waals surface area contributed by atoms with Crippen molar-refractivity contribution in [2.45, 2.75) is 12.8 Å². The first kappa shape index (κ1) is 20.3. The normalized spacial score (nSPS) is 11.9. The van der Waals surface area contributed by atoms with Crippen LogP contribution in [0.5, 0.6) is 0 Å². The molecule has 3 aromatic heterocycles. The van der Waals surface area contributed by atoms with Crippen molar-refractivity contribution < 1.29 is 8.78 Å². The van der Waals surface area contributed by atoms with Crippen molar-refractivity contribution in [3.05, 3.63) is 77.8 Å². The summed E-state index contributed by atoms with van der Waals surface area (Å²) >= 11 is 6.21. The fourth-order valence-electron chi connectivity index (χ4n) is 3.65. The Bertz CT molecular complexity index is 1440. The SMILES string of the molecule is CN(c1cccc(-c2ccc(C(C)(F)F)nc2)c1)c1nc2nnc(Cl)n2c2ccccc12. The quantitative estimate of drug-likeness (QED) is 0.342. The molecule has 0 N–H and O–H groups in total. The van der Waals surface area contributed by atoms with Crippen LogP contribution in [-0.4, -0.2) is 31.6 Å². The van der Waals surface area contributed by atoms with Crippen molar-refractivity contribution in [1.82, 2.24) is 24.6 Å². The molecule has 5 rings (SSSR count). The minimum atomic E-state index is -2.98. The van der Waals surface area contributed by atoms with Crippen LogP contribution < -0.4 is 4.90 Å². The maximum absolute atomic E-state index is 13.5. The van der Waals surface area contributed by atoms with E-state index in [-0.39, 0.29) is 11.0 Å². The fourth-order valence-corrected chi connectivity index (χ4v) is 3.85. The van der Waals surface area contributed by atoms with Gasteiger partial charge in [-0.15, -0.1) is 10.2 Å². The number of rotatable bonds is 4. The van der Waals surface area contributed by atoms with E-state index in [1.165, 1.54) is 12.3 Å². The van der Waals surface area contributed by atoms with E-state index in [9.17, 15) is 8.78 Å². The molecule has 0 unspecified atom stereocenters. The number of hydrogen-bond donors (Lipinski definition) is 0. The molecule has 0 saturated carbocycles. The molecule has 32 heavy (non-hydrogen) atoms. The second-order valence-corrected chi connectivity index (χ2v) is 7.82. The molecule has 0 aliphatic carbocycles. The number of pyridine rings is 1. The third-order valence-corrected chi connectivity index (χ3v) is 5.54. The van der Waals surface area contributed by atoms with Crippen LogP contribution in [0, 0.1) is 0 Å². The van der Waals surface area contributed by atoms with Gasteiger partial charge in [0.1, 0.15) is 11.5 Å². The average molecular weight is 451 g/mol. The molecule has 6 nitrogen and oxygen atoms in total. The third-order valence-electron chi connectivity index (χ3n) is 5.30. The molecule has 0 amide bonds. The van der Waals surface area contributed by atoms with E-state index >= 15 is 0 Å². The minimum Gasteiger partial charge on any atom is -0.329 e. The summed E-state index contributed by atoms with van der Waals surface area (Å²) in [5.74, 6) is -1.89. The molecule has 0 saturated heterocycles. The summed E-state index contributed by atoms with van der Waals surface area (Å²) in [6, 6.07) is 18.5. The number of anilines is 2. The van der Waals surface area contributed by atoms with Gasteiger partial charge in [-0.05, 0) is 47.5 Å². The smallest absolute Gasteiger partial charge is 0.286 e. The predicted octanol–water partition coefficient (Wildman–Crippen LogP) is 5.87. The van der Waals surface area contributed by atoms with Crippen LogP contribution in [0.25, 0.3) is 27.8 Å². The molecule has 160 valence electrons. The van der Waals surface area contributed by atoms with Gasteiger partial charge in [-0.1, -0.05) is 30.3 Å². The molecule has 0 atom stereocenters. The third kappa shape index (κ3) is 3.42. The monoisotopic (exact) mass is 450 g/mol. The number of fused-ring (bicyclic) bond motifs is 3. The highest BCUT2D eigenvalue weighted by Crippen LogP contribution is 2.33. The van der Waals surface area contributed by atoms with Crippen LogP contribution in [0.1, 0.15) is 12.6 Å². The molecule has 2 aromatic carbocycles. The lowest BCUT2D eigenvalue weighted by Gasteiger charge is -2.21. The summed E-state index contributed by atoms with van der Waals surface area (Å²) in [6.07, 6.45) is 1.46. The summed E-state index contributed by atoms with van der Waals surface area (Å²) in [7, 11) is 1.90. The number of aromatic nitrogens is 5. The Kier molecular flexibility index (Phi) is 4.74. The van der Waals surface area contributed by atoms with Crippen LogP contribution in [0.4, 0.5) is 20.3 Å². The Morgan fingerprint density at radius 1 is 0.969 bits per heavy atom. The van der Waals surface area contributed by atoms with E-state index in [1.54, 1.807) is 10.5 Å². The van der Waals surface area contributed by atoms with Gasteiger partial charge < -0.3 is 4.90 Å². The summed E-state index contributed by atoms with van der Waals surface area (Å²) in [5.41, 5.74) is 3.03. The molecule has 3 heterocycles. The van der Waals surface area contributed by atoms with Crippen molar-refractivity contribution in [2.75, 3.05) is 11.9 Å². The topological polar surface area (TPSA) is 59.2 Å². The summed E-state index contributed by atoms with van der Waals surface area (Å²) in [4.78, 5) is 10.5. The molecule has 0 aliphatic rings. The largest absolute Gasteiger partial charge is 0.329 e. The zero-order valence-corrected chi connectivity index (χ0v) is 17.9. The van der Waals surface area contributed by atoms with Crippen LogP contribution >= 0.6 is 11.6 Å². The standard InChI is InChI=1S/C23H17ClF2N6/c1-23(25,26)19-11-10-15(13-27-19)14-6-5-7-16(12-14)31(2)20-17-8-3-4-9-18(17)32-21(24)29-30-22(32)28-20/h3-13H,1-2H3. The number of nitrogens with zero attached hydrogens (tertiary/aromatic N) is 6. The first-order chi connectivity index (χ1) is 15.3. The van der Waals surface area contributed by atoms with Gasteiger partial charge in [0.25, 0.3) is 11.7 Å². The Morgan fingerprint density at radius 2 is 1.78 bits per heavy atom. The van der Waals surface area contributed by atoms with Crippen LogP contribution in [0.15, 0.2) is 66.9 Å². The van der Waals surface area contributed by atoms with E-state index < -0.39 is 5.92 Å². The number of alkyl halides is 2. The van der Waals surface area contributed by atoms with Crippen molar-refractivity contribution in [2.24, 2.45) is 0 Å². The van der Waals surface area contributed by atoms with Gasteiger partial charge in [-0.2, -0.15) is 13.8 Å². The van der Waals surface area contributed by atoms with Gasteiger partial charge in [0.05, 0.1) is 5.52 Å².